The van der Waals surface area contributed by atoms with Crippen molar-refractivity contribution in [3.63, 3.8) is 0 Å². The zero-order valence-electron chi connectivity index (χ0n) is 6.51. The van der Waals surface area contributed by atoms with Gasteiger partial charge in [0.15, 0.2) is 0 Å². The molecule has 0 aromatic carbocycles. The molecule has 12 heavy (non-hydrogen) atoms. The molecule has 0 aromatic heterocycles. The molecule has 0 aliphatic carbocycles. The smallest absolute Gasteiger partial charge is 0.0602 e. The van der Waals surface area contributed by atoms with Crippen molar-refractivity contribution in [1.29, 1.82) is 0 Å². The van der Waals surface area contributed by atoms with Crippen molar-refractivity contribution < 1.29 is 0 Å². The Morgan fingerprint density at radius 3 is 1.67 bits per heavy atom. The first-order valence-electron chi connectivity index (χ1n) is 3.55. The summed E-state index contributed by atoms with van der Waals surface area (Å²) in [5.74, 6) is 2.53. The second-order valence-electron chi connectivity index (χ2n) is 2.12. The van der Waals surface area contributed by atoms with Crippen molar-refractivity contribution in [2.75, 3.05) is 21.7 Å². The fourth-order valence-corrected chi connectivity index (χ4v) is 7.72. The monoisotopic (exact) mass is 276 g/mol. The maximum atomic E-state index is 4.22. The van der Waals surface area contributed by atoms with Crippen molar-refractivity contribution in [2.24, 2.45) is 0 Å². The molecule has 1 aliphatic heterocycles. The predicted molar refractivity (Wildman–Crippen MR) is 75.4 cm³/mol. The van der Waals surface area contributed by atoms with Gasteiger partial charge in [-0.3, -0.25) is 0 Å². The van der Waals surface area contributed by atoms with E-state index < -0.39 is 0 Å². The van der Waals surface area contributed by atoms with E-state index in [2.05, 4.69) is 48.8 Å². The fraction of sp³-hybridized carbons (Fsp3) is 1.00. The maximum absolute atomic E-state index is 4.22. The molecular weight excluding hydrogens is 264 g/mol. The lowest BCUT2D eigenvalue weighted by Gasteiger charge is -2.26. The van der Waals surface area contributed by atoms with Gasteiger partial charge in [-0.1, -0.05) is 0 Å². The van der Waals surface area contributed by atoms with Gasteiger partial charge in [-0.2, -0.15) is 25.3 Å². The largest absolute Gasteiger partial charge is 0.168 e. The van der Waals surface area contributed by atoms with E-state index in [1.807, 2.05) is 23.5 Å². The van der Waals surface area contributed by atoms with Gasteiger partial charge in [-0.15, -0.1) is 47.0 Å². The van der Waals surface area contributed by atoms with Gasteiger partial charge in [0.25, 0.3) is 0 Å². The Morgan fingerprint density at radius 1 is 1.00 bits per heavy atom. The molecule has 1 aliphatic rings. The van der Waals surface area contributed by atoms with Crippen LogP contribution < -0.4 is 0 Å². The van der Waals surface area contributed by atoms with Gasteiger partial charge in [-0.05, 0) is 0 Å². The summed E-state index contributed by atoms with van der Waals surface area (Å²) >= 11 is 16.5. The molecule has 1 heterocycles. The molecule has 2 unspecified atom stereocenters. The summed E-state index contributed by atoms with van der Waals surface area (Å²) in [6, 6.07) is 0. The molecule has 0 spiro atoms. The molecule has 72 valence electrons. The standard InChI is InChI=1S/C6H12S6/c7-3-11-5-1-9-6(2-10-5)12-4-8/h5-8H,1-4H2. The molecule has 0 saturated carbocycles. The number of hydrogen-bond donors (Lipinski definition) is 2. The average Bonchev–Trinajstić information content (AvgIpc) is 2.09. The molecule has 2 atom stereocenters. The van der Waals surface area contributed by atoms with Crippen LogP contribution >= 0.6 is 72.3 Å². The summed E-state index contributed by atoms with van der Waals surface area (Å²) < 4.78 is 1.54. The van der Waals surface area contributed by atoms with Gasteiger partial charge in [0.05, 0.1) is 9.16 Å². The van der Waals surface area contributed by atoms with Gasteiger partial charge in [-0.25, -0.2) is 0 Å². The highest BCUT2D eigenvalue weighted by Crippen LogP contribution is 2.40. The first-order valence-corrected chi connectivity index (χ1v) is 9.01. The van der Waals surface area contributed by atoms with Crippen LogP contribution in [-0.4, -0.2) is 30.8 Å². The molecule has 0 radical (unpaired) electrons. The average molecular weight is 277 g/mol. The van der Waals surface area contributed by atoms with E-state index in [0.29, 0.717) is 0 Å². The minimum atomic E-state index is 0.768. The summed E-state index contributed by atoms with van der Waals surface area (Å²) in [5.41, 5.74) is 0. The topological polar surface area (TPSA) is 0 Å². The van der Waals surface area contributed by atoms with Crippen molar-refractivity contribution >= 4 is 72.3 Å². The number of thiol groups is 2. The summed E-state index contributed by atoms with van der Waals surface area (Å²) in [6.07, 6.45) is 0. The van der Waals surface area contributed by atoms with Crippen molar-refractivity contribution in [3.05, 3.63) is 0 Å². The van der Waals surface area contributed by atoms with E-state index in [1.54, 1.807) is 0 Å². The fourth-order valence-electron chi connectivity index (χ4n) is 0.827. The first-order chi connectivity index (χ1) is 5.86. The molecule has 0 bridgehead atoms. The van der Waals surface area contributed by atoms with Gasteiger partial charge >= 0.3 is 0 Å². The maximum Gasteiger partial charge on any atom is 0.0602 e. The van der Waals surface area contributed by atoms with E-state index in [-0.39, 0.29) is 0 Å². The Labute approximate surface area is 102 Å². The van der Waals surface area contributed by atoms with Crippen LogP contribution in [0.5, 0.6) is 0 Å². The third-order valence-electron chi connectivity index (χ3n) is 1.36. The lowest BCUT2D eigenvalue weighted by Crippen LogP contribution is -2.16. The predicted octanol–water partition coefficient (Wildman–Crippen LogP) is 3.36. The lowest BCUT2D eigenvalue weighted by molar-refractivity contribution is 1.33. The summed E-state index contributed by atoms with van der Waals surface area (Å²) in [5, 5.41) is 1.89. The van der Waals surface area contributed by atoms with Gasteiger partial charge in [0.1, 0.15) is 0 Å². The van der Waals surface area contributed by atoms with Crippen LogP contribution in [-0.2, 0) is 0 Å². The van der Waals surface area contributed by atoms with E-state index >= 15 is 0 Å². The third-order valence-corrected chi connectivity index (χ3v) is 8.23. The minimum absolute atomic E-state index is 0.768. The first kappa shape index (κ1) is 12.2. The quantitative estimate of drug-likeness (QED) is 0.596. The lowest BCUT2D eigenvalue weighted by atomic mass is 10.9. The third kappa shape index (κ3) is 4.55. The Kier molecular flexibility index (Phi) is 7.50. The molecule has 1 saturated heterocycles. The minimum Gasteiger partial charge on any atom is -0.168 e. The van der Waals surface area contributed by atoms with Crippen LogP contribution in [0.2, 0.25) is 0 Å². The number of rotatable bonds is 4. The summed E-state index contributed by atoms with van der Waals surface area (Å²) in [4.78, 5) is 0. The van der Waals surface area contributed by atoms with Crippen LogP contribution in [0, 0.1) is 0 Å². The molecule has 1 fully saturated rings. The van der Waals surface area contributed by atoms with Crippen LogP contribution in [0.25, 0.3) is 0 Å². The van der Waals surface area contributed by atoms with Gasteiger partial charge in [0.2, 0.25) is 0 Å². The molecule has 0 N–H and O–H groups in total. The molecule has 6 heteroatoms. The van der Waals surface area contributed by atoms with Crippen molar-refractivity contribution in [3.8, 4) is 0 Å². The molecule has 0 amide bonds. The van der Waals surface area contributed by atoms with Gasteiger partial charge in [0, 0.05) is 21.7 Å². The summed E-state index contributed by atoms with van der Waals surface area (Å²) in [7, 11) is 0. The normalized spacial score (nSPS) is 30.5. The van der Waals surface area contributed by atoms with E-state index in [9.17, 15) is 0 Å². The Hall–Kier alpha value is 2.10. The Balaban J connectivity index is 2.11. The highest BCUT2D eigenvalue weighted by molar-refractivity contribution is 8.26. The van der Waals surface area contributed by atoms with Crippen molar-refractivity contribution in [1.82, 2.24) is 0 Å². The van der Waals surface area contributed by atoms with Crippen LogP contribution in [0.3, 0.4) is 0 Å². The second-order valence-corrected chi connectivity index (χ2v) is 9.06. The van der Waals surface area contributed by atoms with E-state index in [4.69, 9.17) is 0 Å². The number of hydrogen-bond acceptors (Lipinski definition) is 6. The zero-order chi connectivity index (χ0) is 8.81. The molecule has 0 aromatic rings. The highest BCUT2D eigenvalue weighted by Gasteiger charge is 2.21. The van der Waals surface area contributed by atoms with Crippen LogP contribution in [0.1, 0.15) is 0 Å². The van der Waals surface area contributed by atoms with E-state index in [1.165, 1.54) is 11.5 Å². The SMILES string of the molecule is SCSC1CSC(SCS)CS1. The second kappa shape index (κ2) is 7.40. The number of thioether (sulfide) groups is 4. The van der Waals surface area contributed by atoms with Crippen LogP contribution in [0.4, 0.5) is 0 Å². The Bertz CT molecular complexity index is 96.6. The van der Waals surface area contributed by atoms with Crippen LogP contribution in [0.15, 0.2) is 0 Å². The summed E-state index contributed by atoms with van der Waals surface area (Å²) in [6.45, 7) is 0. The molecular formula is C6H12S6. The molecule has 0 nitrogen and oxygen atoms in total. The van der Waals surface area contributed by atoms with Gasteiger partial charge < -0.3 is 0 Å². The van der Waals surface area contributed by atoms with E-state index in [0.717, 1.165) is 19.3 Å². The van der Waals surface area contributed by atoms with Crippen molar-refractivity contribution in [2.45, 2.75) is 9.16 Å². The zero-order valence-corrected chi connectivity index (χ0v) is 11.6. The molecule has 1 rings (SSSR count). The highest BCUT2D eigenvalue weighted by atomic mass is 32.2. The Morgan fingerprint density at radius 2 is 1.42 bits per heavy atom.